The smallest absolute Gasteiger partial charge is 0.252 e. The molecule has 4 heteroatoms. The first-order chi connectivity index (χ1) is 8.70. The van der Waals surface area contributed by atoms with E-state index < -0.39 is 0 Å². The third-order valence-corrected chi connectivity index (χ3v) is 3.45. The summed E-state index contributed by atoms with van der Waals surface area (Å²) in [6.07, 6.45) is 0. The Morgan fingerprint density at radius 3 is 2.56 bits per heavy atom. The third kappa shape index (κ3) is 2.90. The van der Waals surface area contributed by atoms with Gasteiger partial charge >= 0.3 is 0 Å². The van der Waals surface area contributed by atoms with E-state index in [0.717, 1.165) is 4.90 Å². The van der Waals surface area contributed by atoms with Crippen LogP contribution in [0.2, 0.25) is 0 Å². The number of carbonyl (C=O) groups is 1. The van der Waals surface area contributed by atoms with Gasteiger partial charge in [-0.3, -0.25) is 4.79 Å². The molecule has 0 aliphatic heterocycles. The van der Waals surface area contributed by atoms with Gasteiger partial charge in [0.15, 0.2) is 0 Å². The van der Waals surface area contributed by atoms with Crippen LogP contribution < -0.4 is 5.32 Å². The lowest BCUT2D eigenvalue weighted by molar-refractivity contribution is 0.0960. The van der Waals surface area contributed by atoms with Crippen molar-refractivity contribution in [2.45, 2.75) is 9.79 Å². The molecule has 1 amide bonds. The molecule has 0 fully saturated rings. The van der Waals surface area contributed by atoms with Crippen molar-refractivity contribution in [2.24, 2.45) is 0 Å². The second-order valence-corrected chi connectivity index (χ2v) is 4.75. The van der Waals surface area contributed by atoms with Crippen molar-refractivity contribution in [1.82, 2.24) is 5.32 Å². The zero-order valence-corrected chi connectivity index (χ0v) is 10.6. The minimum absolute atomic E-state index is 0.214. The minimum atomic E-state index is -0.346. The Hall–Kier alpha value is -1.81. The number of benzene rings is 2. The van der Waals surface area contributed by atoms with Crippen LogP contribution in [0.3, 0.4) is 0 Å². The van der Waals surface area contributed by atoms with Gasteiger partial charge in [0.05, 0.1) is 5.56 Å². The third-order valence-electron chi connectivity index (χ3n) is 2.39. The van der Waals surface area contributed by atoms with E-state index in [1.807, 2.05) is 30.3 Å². The van der Waals surface area contributed by atoms with E-state index in [4.69, 9.17) is 0 Å². The summed E-state index contributed by atoms with van der Waals surface area (Å²) in [5.41, 5.74) is 0.479. The maximum Gasteiger partial charge on any atom is 0.252 e. The minimum Gasteiger partial charge on any atom is -0.355 e. The van der Waals surface area contributed by atoms with Crippen LogP contribution in [-0.2, 0) is 0 Å². The van der Waals surface area contributed by atoms with Crippen molar-refractivity contribution in [3.8, 4) is 0 Å². The maximum absolute atomic E-state index is 13.3. The predicted octanol–water partition coefficient (Wildman–Crippen LogP) is 3.34. The van der Waals surface area contributed by atoms with Gasteiger partial charge in [-0.1, -0.05) is 30.0 Å². The standard InChI is InChI=1S/C14H12FNOS/c1-16-14(17)12-8-7-10(15)9-13(12)18-11-5-3-2-4-6-11/h2-9H,1H3,(H,16,17). The highest BCUT2D eigenvalue weighted by Gasteiger charge is 2.12. The first kappa shape index (κ1) is 12.6. The Bertz CT molecular complexity index is 557. The van der Waals surface area contributed by atoms with Crippen LogP contribution >= 0.6 is 11.8 Å². The number of carbonyl (C=O) groups excluding carboxylic acids is 1. The summed E-state index contributed by atoms with van der Waals surface area (Å²) >= 11 is 1.37. The number of hydrogen-bond acceptors (Lipinski definition) is 2. The Morgan fingerprint density at radius 2 is 1.89 bits per heavy atom. The number of hydrogen-bond donors (Lipinski definition) is 1. The second kappa shape index (κ2) is 5.69. The molecule has 1 N–H and O–H groups in total. The largest absolute Gasteiger partial charge is 0.355 e. The van der Waals surface area contributed by atoms with Crippen molar-refractivity contribution in [3.63, 3.8) is 0 Å². The van der Waals surface area contributed by atoms with Crippen molar-refractivity contribution in [2.75, 3.05) is 7.05 Å². The van der Waals surface area contributed by atoms with E-state index in [1.54, 1.807) is 7.05 Å². The highest BCUT2D eigenvalue weighted by Crippen LogP contribution is 2.30. The van der Waals surface area contributed by atoms with Crippen LogP contribution in [-0.4, -0.2) is 13.0 Å². The van der Waals surface area contributed by atoms with Crippen molar-refractivity contribution in [3.05, 3.63) is 59.9 Å². The van der Waals surface area contributed by atoms with Gasteiger partial charge in [-0.25, -0.2) is 4.39 Å². The molecule has 2 aromatic carbocycles. The molecule has 0 unspecified atom stereocenters. The quantitative estimate of drug-likeness (QED) is 0.918. The number of nitrogens with one attached hydrogen (secondary N) is 1. The zero-order valence-electron chi connectivity index (χ0n) is 9.81. The Morgan fingerprint density at radius 1 is 1.17 bits per heavy atom. The highest BCUT2D eigenvalue weighted by atomic mass is 32.2. The van der Waals surface area contributed by atoms with Crippen LogP contribution in [0.5, 0.6) is 0 Å². The summed E-state index contributed by atoms with van der Waals surface area (Å²) in [6, 6.07) is 13.7. The molecule has 0 saturated carbocycles. The summed E-state index contributed by atoms with van der Waals surface area (Å²) in [6.45, 7) is 0. The molecule has 0 atom stereocenters. The summed E-state index contributed by atoms with van der Waals surface area (Å²) in [5.74, 6) is -0.561. The van der Waals surface area contributed by atoms with Gasteiger partial charge in [0.1, 0.15) is 5.82 Å². The van der Waals surface area contributed by atoms with Gasteiger partial charge < -0.3 is 5.32 Å². The molecule has 0 aromatic heterocycles. The molecule has 92 valence electrons. The Balaban J connectivity index is 2.36. The lowest BCUT2D eigenvalue weighted by Gasteiger charge is -2.08. The average Bonchev–Trinajstić information content (AvgIpc) is 2.39. The predicted molar refractivity (Wildman–Crippen MR) is 70.4 cm³/mol. The second-order valence-electron chi connectivity index (χ2n) is 3.63. The van der Waals surface area contributed by atoms with Crippen LogP contribution in [0.1, 0.15) is 10.4 Å². The molecule has 18 heavy (non-hydrogen) atoms. The van der Waals surface area contributed by atoms with Crippen LogP contribution in [0.25, 0.3) is 0 Å². The summed E-state index contributed by atoms with van der Waals surface area (Å²) < 4.78 is 13.3. The Kier molecular flexibility index (Phi) is 3.99. The Labute approximate surface area is 109 Å². The highest BCUT2D eigenvalue weighted by molar-refractivity contribution is 7.99. The van der Waals surface area contributed by atoms with Gasteiger partial charge in [-0.05, 0) is 30.3 Å². The van der Waals surface area contributed by atoms with E-state index in [9.17, 15) is 9.18 Å². The zero-order chi connectivity index (χ0) is 13.0. The summed E-state index contributed by atoms with van der Waals surface area (Å²) in [5, 5.41) is 2.55. The van der Waals surface area contributed by atoms with Crippen molar-refractivity contribution < 1.29 is 9.18 Å². The maximum atomic E-state index is 13.3. The molecule has 0 saturated heterocycles. The van der Waals surface area contributed by atoms with Gasteiger partial charge in [0.2, 0.25) is 0 Å². The number of amides is 1. The SMILES string of the molecule is CNC(=O)c1ccc(F)cc1Sc1ccccc1. The van der Waals surface area contributed by atoms with E-state index in [-0.39, 0.29) is 11.7 Å². The van der Waals surface area contributed by atoms with E-state index >= 15 is 0 Å². The van der Waals surface area contributed by atoms with E-state index in [1.165, 1.54) is 30.0 Å². The fraction of sp³-hybridized carbons (Fsp3) is 0.0714. The first-order valence-corrected chi connectivity index (χ1v) is 6.27. The lowest BCUT2D eigenvalue weighted by atomic mass is 10.2. The summed E-state index contributed by atoms with van der Waals surface area (Å²) in [7, 11) is 1.56. The molecule has 2 rings (SSSR count). The molecule has 0 aliphatic carbocycles. The van der Waals surface area contributed by atoms with Crippen LogP contribution in [0.15, 0.2) is 58.3 Å². The molecule has 0 spiro atoms. The lowest BCUT2D eigenvalue weighted by Crippen LogP contribution is -2.18. The fourth-order valence-electron chi connectivity index (χ4n) is 1.52. The van der Waals surface area contributed by atoms with E-state index in [2.05, 4.69) is 5.32 Å². The molecule has 2 aromatic rings. The van der Waals surface area contributed by atoms with Crippen LogP contribution in [0.4, 0.5) is 4.39 Å². The van der Waals surface area contributed by atoms with Crippen molar-refractivity contribution >= 4 is 17.7 Å². The van der Waals surface area contributed by atoms with E-state index in [0.29, 0.717) is 10.5 Å². The molecular weight excluding hydrogens is 249 g/mol. The molecule has 0 radical (unpaired) electrons. The summed E-state index contributed by atoms with van der Waals surface area (Å²) in [4.78, 5) is 13.3. The first-order valence-electron chi connectivity index (χ1n) is 5.45. The number of halogens is 1. The average molecular weight is 261 g/mol. The van der Waals surface area contributed by atoms with Gasteiger partial charge in [-0.15, -0.1) is 0 Å². The monoisotopic (exact) mass is 261 g/mol. The molecular formula is C14H12FNOS. The van der Waals surface area contributed by atoms with Crippen molar-refractivity contribution in [1.29, 1.82) is 0 Å². The van der Waals surface area contributed by atoms with Crippen LogP contribution in [0, 0.1) is 5.82 Å². The van der Waals surface area contributed by atoms with Gasteiger partial charge in [0.25, 0.3) is 5.91 Å². The van der Waals surface area contributed by atoms with Gasteiger partial charge in [-0.2, -0.15) is 0 Å². The molecule has 2 nitrogen and oxygen atoms in total. The fourth-order valence-corrected chi connectivity index (χ4v) is 2.51. The number of rotatable bonds is 3. The normalized spacial score (nSPS) is 10.1. The molecule has 0 aliphatic rings. The topological polar surface area (TPSA) is 29.1 Å². The van der Waals surface area contributed by atoms with Gasteiger partial charge in [0, 0.05) is 16.8 Å². The molecule has 0 bridgehead atoms. The molecule has 0 heterocycles.